The Morgan fingerprint density at radius 1 is 1.13 bits per heavy atom. The summed E-state index contributed by atoms with van der Waals surface area (Å²) in [6.07, 6.45) is 2.59. The van der Waals surface area contributed by atoms with Gasteiger partial charge < -0.3 is 10.2 Å². The van der Waals surface area contributed by atoms with E-state index in [9.17, 15) is 18.0 Å². The normalized spacial score (nSPS) is 15.6. The van der Waals surface area contributed by atoms with Gasteiger partial charge in [-0.3, -0.25) is 9.59 Å². The van der Waals surface area contributed by atoms with Crippen molar-refractivity contribution in [3.63, 3.8) is 0 Å². The minimum absolute atomic E-state index is 0.0192. The smallest absolute Gasteiger partial charge is 0.240 e. The Labute approximate surface area is 182 Å². The van der Waals surface area contributed by atoms with Gasteiger partial charge in [0.1, 0.15) is 0 Å². The van der Waals surface area contributed by atoms with E-state index in [2.05, 4.69) is 10.0 Å². The highest BCUT2D eigenvalue weighted by molar-refractivity contribution is 7.89. The largest absolute Gasteiger partial charge is 0.352 e. The van der Waals surface area contributed by atoms with Gasteiger partial charge in [0.15, 0.2) is 0 Å². The van der Waals surface area contributed by atoms with E-state index in [0.29, 0.717) is 19.5 Å². The van der Waals surface area contributed by atoms with Gasteiger partial charge in [0.2, 0.25) is 21.8 Å². The Hall–Kier alpha value is -2.71. The molecule has 4 rings (SSSR count). The molecule has 0 spiro atoms. The predicted octanol–water partition coefficient (Wildman–Crippen LogP) is 2.28. The number of sulfonamides is 1. The lowest BCUT2D eigenvalue weighted by Crippen LogP contribution is -2.31. The highest BCUT2D eigenvalue weighted by Gasteiger charge is 2.36. The molecule has 1 aliphatic heterocycles. The van der Waals surface area contributed by atoms with Crippen LogP contribution >= 0.6 is 0 Å². The number of anilines is 1. The molecule has 1 heterocycles. The maximum absolute atomic E-state index is 12.6. The molecule has 0 bridgehead atoms. The van der Waals surface area contributed by atoms with Crippen molar-refractivity contribution in [1.29, 1.82) is 0 Å². The number of hydrogen-bond acceptors (Lipinski definition) is 4. The molecule has 2 N–H and O–H groups in total. The Morgan fingerprint density at radius 2 is 1.94 bits per heavy atom. The van der Waals surface area contributed by atoms with Crippen molar-refractivity contribution in [1.82, 2.24) is 10.0 Å². The van der Waals surface area contributed by atoms with E-state index in [1.807, 2.05) is 31.2 Å². The van der Waals surface area contributed by atoms with Crippen molar-refractivity contribution in [2.75, 3.05) is 18.0 Å². The minimum Gasteiger partial charge on any atom is -0.352 e. The summed E-state index contributed by atoms with van der Waals surface area (Å²) in [6, 6.07) is 12.7. The number of benzene rings is 2. The molecule has 1 aliphatic carbocycles. The SMILES string of the molecule is Cc1cccc(CNC(=O)CCNS(=O)(=O)c2ccc3c(c2)CCN3C(=O)C2CC2)c1. The second-order valence-corrected chi connectivity index (χ2v) is 9.99. The van der Waals surface area contributed by atoms with Crippen LogP contribution in [0.4, 0.5) is 5.69 Å². The number of hydrogen-bond donors (Lipinski definition) is 2. The lowest BCUT2D eigenvalue weighted by Gasteiger charge is -2.17. The molecule has 0 aromatic heterocycles. The van der Waals surface area contributed by atoms with Gasteiger partial charge in [-0.05, 0) is 55.5 Å². The first-order chi connectivity index (χ1) is 14.8. The van der Waals surface area contributed by atoms with Crippen LogP contribution in [0.5, 0.6) is 0 Å². The molecular weight excluding hydrogens is 414 g/mol. The molecular formula is C23H27N3O4S. The zero-order valence-corrected chi connectivity index (χ0v) is 18.4. The van der Waals surface area contributed by atoms with Gasteiger partial charge in [0.25, 0.3) is 0 Å². The van der Waals surface area contributed by atoms with Crippen LogP contribution in [-0.4, -0.2) is 33.3 Å². The zero-order chi connectivity index (χ0) is 22.0. The molecule has 7 nitrogen and oxygen atoms in total. The number of fused-ring (bicyclic) bond motifs is 1. The Balaban J connectivity index is 1.30. The number of aryl methyl sites for hydroxylation is 1. The van der Waals surface area contributed by atoms with Gasteiger partial charge in [-0.25, -0.2) is 13.1 Å². The molecule has 2 amide bonds. The number of amides is 2. The molecule has 1 saturated carbocycles. The second-order valence-electron chi connectivity index (χ2n) is 8.22. The molecule has 8 heteroatoms. The van der Waals surface area contributed by atoms with Crippen LogP contribution < -0.4 is 14.9 Å². The van der Waals surface area contributed by atoms with Crippen molar-refractivity contribution < 1.29 is 18.0 Å². The predicted molar refractivity (Wildman–Crippen MR) is 118 cm³/mol. The Morgan fingerprint density at radius 3 is 2.68 bits per heavy atom. The highest BCUT2D eigenvalue weighted by Crippen LogP contribution is 2.37. The standard InChI is InChI=1S/C23H27N3O4S/c1-16-3-2-4-17(13-16)15-24-22(27)9-11-25-31(29,30)20-7-8-21-19(14-20)10-12-26(21)23(28)18-5-6-18/h2-4,7-8,13-14,18,25H,5-6,9-12,15H2,1H3,(H,24,27). The van der Waals surface area contributed by atoms with Crippen molar-refractivity contribution >= 4 is 27.5 Å². The van der Waals surface area contributed by atoms with Crippen molar-refractivity contribution in [2.24, 2.45) is 5.92 Å². The fourth-order valence-corrected chi connectivity index (χ4v) is 4.90. The first-order valence-electron chi connectivity index (χ1n) is 10.6. The molecule has 2 aromatic carbocycles. The summed E-state index contributed by atoms with van der Waals surface area (Å²) in [5.41, 5.74) is 3.80. The summed E-state index contributed by atoms with van der Waals surface area (Å²) in [5, 5.41) is 2.80. The van der Waals surface area contributed by atoms with E-state index in [-0.39, 0.29) is 35.6 Å². The van der Waals surface area contributed by atoms with Crippen LogP contribution in [0.25, 0.3) is 0 Å². The summed E-state index contributed by atoms with van der Waals surface area (Å²) < 4.78 is 27.8. The van der Waals surface area contributed by atoms with Gasteiger partial charge in [0, 0.05) is 37.7 Å². The molecule has 2 aromatic rings. The van der Waals surface area contributed by atoms with E-state index < -0.39 is 10.0 Å². The number of carbonyl (C=O) groups is 2. The van der Waals surface area contributed by atoms with Crippen LogP contribution in [0.15, 0.2) is 47.4 Å². The fraction of sp³-hybridized carbons (Fsp3) is 0.391. The molecule has 164 valence electrons. The monoisotopic (exact) mass is 441 g/mol. The summed E-state index contributed by atoms with van der Waals surface area (Å²) in [7, 11) is -3.73. The minimum atomic E-state index is -3.73. The maximum atomic E-state index is 12.6. The van der Waals surface area contributed by atoms with Crippen LogP contribution in [0.3, 0.4) is 0 Å². The lowest BCUT2D eigenvalue weighted by atomic mass is 10.1. The highest BCUT2D eigenvalue weighted by atomic mass is 32.2. The zero-order valence-electron chi connectivity index (χ0n) is 17.6. The fourth-order valence-electron chi connectivity index (χ4n) is 3.82. The van der Waals surface area contributed by atoms with Gasteiger partial charge >= 0.3 is 0 Å². The van der Waals surface area contributed by atoms with Crippen LogP contribution in [0, 0.1) is 12.8 Å². The first-order valence-corrected chi connectivity index (χ1v) is 12.1. The van der Waals surface area contributed by atoms with E-state index in [1.165, 1.54) is 6.07 Å². The molecule has 31 heavy (non-hydrogen) atoms. The quantitative estimate of drug-likeness (QED) is 0.657. The third-order valence-electron chi connectivity index (χ3n) is 5.67. The maximum Gasteiger partial charge on any atom is 0.240 e. The lowest BCUT2D eigenvalue weighted by molar-refractivity contribution is -0.121. The van der Waals surface area contributed by atoms with Gasteiger partial charge in [-0.15, -0.1) is 0 Å². The van der Waals surface area contributed by atoms with E-state index in [1.54, 1.807) is 17.0 Å². The molecule has 0 radical (unpaired) electrons. The third-order valence-corrected chi connectivity index (χ3v) is 7.12. The average molecular weight is 442 g/mol. The van der Waals surface area contributed by atoms with Crippen LogP contribution in [0.2, 0.25) is 0 Å². The van der Waals surface area contributed by atoms with Crippen LogP contribution in [0.1, 0.15) is 36.0 Å². The number of rotatable bonds is 8. The first kappa shape index (κ1) is 21.5. The van der Waals surface area contributed by atoms with Crippen molar-refractivity contribution in [3.05, 3.63) is 59.2 Å². The number of nitrogens with zero attached hydrogens (tertiary/aromatic N) is 1. The van der Waals surface area contributed by atoms with E-state index >= 15 is 0 Å². The van der Waals surface area contributed by atoms with Crippen molar-refractivity contribution in [3.8, 4) is 0 Å². The Bertz CT molecular complexity index is 1110. The van der Waals surface area contributed by atoms with Crippen LogP contribution in [-0.2, 0) is 32.6 Å². The van der Waals surface area contributed by atoms with E-state index in [4.69, 9.17) is 0 Å². The van der Waals surface area contributed by atoms with Gasteiger partial charge in [-0.2, -0.15) is 0 Å². The summed E-state index contributed by atoms with van der Waals surface area (Å²) in [4.78, 5) is 26.4. The van der Waals surface area contributed by atoms with Gasteiger partial charge in [-0.1, -0.05) is 29.8 Å². The summed E-state index contributed by atoms with van der Waals surface area (Å²) in [5.74, 6) is 0.0598. The molecule has 0 saturated heterocycles. The molecule has 0 atom stereocenters. The molecule has 0 unspecified atom stereocenters. The number of carbonyl (C=O) groups excluding carboxylic acids is 2. The summed E-state index contributed by atoms with van der Waals surface area (Å²) in [6.45, 7) is 3.02. The second kappa shape index (κ2) is 8.80. The molecule has 1 fully saturated rings. The third kappa shape index (κ3) is 5.14. The average Bonchev–Trinajstić information content (AvgIpc) is 3.50. The number of nitrogens with one attached hydrogen (secondary N) is 2. The van der Waals surface area contributed by atoms with Gasteiger partial charge in [0.05, 0.1) is 4.90 Å². The molecule has 2 aliphatic rings. The Kier molecular flexibility index (Phi) is 6.11. The van der Waals surface area contributed by atoms with E-state index in [0.717, 1.165) is 35.2 Å². The topological polar surface area (TPSA) is 95.6 Å². The van der Waals surface area contributed by atoms with Crippen molar-refractivity contribution in [2.45, 2.75) is 44.0 Å². The summed E-state index contributed by atoms with van der Waals surface area (Å²) >= 11 is 0.